The van der Waals surface area contributed by atoms with Crippen molar-refractivity contribution in [3.05, 3.63) is 11.6 Å². The highest BCUT2D eigenvalue weighted by atomic mass is 32.2. The molecule has 2 aromatic heterocycles. The molecule has 0 aliphatic heterocycles. The lowest BCUT2D eigenvalue weighted by atomic mass is 10.3. The Labute approximate surface area is 109 Å². The monoisotopic (exact) mass is 269 g/mol. The third-order valence-electron chi connectivity index (χ3n) is 2.68. The maximum atomic E-state index is 4.47. The Morgan fingerprint density at radius 2 is 2.17 bits per heavy atom. The molecule has 2 heterocycles. The van der Waals surface area contributed by atoms with Gasteiger partial charge in [0, 0.05) is 19.2 Å². The first-order chi connectivity index (χ1) is 8.71. The van der Waals surface area contributed by atoms with Gasteiger partial charge in [-0.1, -0.05) is 6.92 Å². The second-order valence-corrected chi connectivity index (χ2v) is 4.47. The van der Waals surface area contributed by atoms with Crippen LogP contribution < -0.4 is 4.80 Å². The minimum atomic E-state index is -0.0846. The fourth-order valence-electron chi connectivity index (χ4n) is 1.66. The van der Waals surface area contributed by atoms with E-state index in [4.69, 9.17) is 0 Å². The average Bonchev–Trinajstić information content (AvgIpc) is 3.03. The number of rotatable bonds is 5. The number of nitrogens with zero attached hydrogens (tertiary/aromatic N) is 8. The van der Waals surface area contributed by atoms with Gasteiger partial charge in [-0.2, -0.15) is 0 Å². The Balaban J connectivity index is 2.33. The number of tetrazole rings is 2. The summed E-state index contributed by atoms with van der Waals surface area (Å²) in [5.41, 5.74) is 0. The minimum absolute atomic E-state index is 0.0846. The van der Waals surface area contributed by atoms with Gasteiger partial charge in [0.05, 0.1) is 11.9 Å². The van der Waals surface area contributed by atoms with E-state index in [0.29, 0.717) is 0 Å². The van der Waals surface area contributed by atoms with Crippen molar-refractivity contribution in [3.8, 4) is 0 Å². The first kappa shape index (κ1) is 12.9. The van der Waals surface area contributed by atoms with Crippen molar-refractivity contribution in [2.75, 3.05) is 6.26 Å². The summed E-state index contributed by atoms with van der Waals surface area (Å²) in [5, 5.41) is 20.5. The molecular weight excluding hydrogens is 252 g/mol. The van der Waals surface area contributed by atoms with E-state index < -0.39 is 0 Å². The molecule has 1 atom stereocenters. The van der Waals surface area contributed by atoms with Gasteiger partial charge in [0.15, 0.2) is 0 Å². The molecule has 1 unspecified atom stereocenters. The lowest BCUT2D eigenvalue weighted by molar-refractivity contribution is -0.818. The Kier molecular flexibility index (Phi) is 3.90. The van der Waals surface area contributed by atoms with E-state index in [0.717, 1.165) is 24.6 Å². The van der Waals surface area contributed by atoms with Crippen molar-refractivity contribution in [2.45, 2.75) is 39.8 Å². The molecule has 0 saturated heterocycles. The van der Waals surface area contributed by atoms with Crippen LogP contribution in [0, 0.1) is 0 Å². The predicted octanol–water partition coefficient (Wildman–Crippen LogP) is -0.130. The van der Waals surface area contributed by atoms with Crippen LogP contribution in [0.15, 0.2) is 0 Å². The van der Waals surface area contributed by atoms with Gasteiger partial charge in [-0.25, -0.2) is 4.68 Å². The quantitative estimate of drug-likeness (QED) is 0.704. The molecule has 0 amide bonds. The average molecular weight is 269 g/mol. The Hall–Kier alpha value is -1.51. The van der Waals surface area contributed by atoms with Crippen LogP contribution in [0.2, 0.25) is 0 Å². The van der Waals surface area contributed by atoms with Gasteiger partial charge in [0.1, 0.15) is 5.21 Å². The van der Waals surface area contributed by atoms with Gasteiger partial charge < -0.3 is 0 Å². The highest BCUT2D eigenvalue weighted by Gasteiger charge is 2.26. The van der Waals surface area contributed by atoms with E-state index >= 15 is 0 Å². The normalized spacial score (nSPS) is 12.9. The summed E-state index contributed by atoms with van der Waals surface area (Å²) < 4.78 is 3.57. The summed E-state index contributed by atoms with van der Waals surface area (Å²) in [6, 6.07) is -0.0846. The molecule has 0 spiro atoms. The smallest absolute Gasteiger partial charge is 0.226 e. The van der Waals surface area contributed by atoms with Gasteiger partial charge in [-0.05, 0) is 38.3 Å². The number of aryl methyl sites for hydroxylation is 2. The second-order valence-electron chi connectivity index (χ2n) is 3.76. The summed E-state index contributed by atoms with van der Waals surface area (Å²) in [4.78, 5) is 1.66. The molecule has 98 valence electrons. The molecule has 0 aliphatic carbocycles. The van der Waals surface area contributed by atoms with Crippen LogP contribution in [0.3, 0.4) is 0 Å². The Morgan fingerprint density at radius 1 is 1.39 bits per heavy atom. The van der Waals surface area contributed by atoms with Crippen molar-refractivity contribution in [2.24, 2.45) is 0 Å². The second kappa shape index (κ2) is 5.42. The van der Waals surface area contributed by atoms with Gasteiger partial charge >= 0.3 is 0 Å². The molecule has 9 heteroatoms. The third-order valence-corrected chi connectivity index (χ3v) is 3.31. The predicted molar refractivity (Wildman–Crippen MR) is 65.8 cm³/mol. The van der Waals surface area contributed by atoms with E-state index in [-0.39, 0.29) is 6.04 Å². The maximum Gasteiger partial charge on any atom is 0.272 e. The fraction of sp³-hybridized carbons (Fsp3) is 0.778. The Bertz CT molecular complexity index is 497. The van der Waals surface area contributed by atoms with Gasteiger partial charge in [0.25, 0.3) is 5.82 Å². The molecule has 0 aromatic carbocycles. The van der Waals surface area contributed by atoms with Crippen molar-refractivity contribution in [1.82, 2.24) is 34.6 Å². The zero-order valence-corrected chi connectivity index (χ0v) is 11.8. The largest absolute Gasteiger partial charge is 0.272 e. The molecule has 2 aromatic rings. The molecule has 18 heavy (non-hydrogen) atoms. The summed E-state index contributed by atoms with van der Waals surface area (Å²) in [5.74, 6) is 1.70. The van der Waals surface area contributed by atoms with Gasteiger partial charge in [-0.3, -0.25) is 0 Å². The molecule has 0 radical (unpaired) electrons. The topological polar surface area (TPSA) is 78.2 Å². The van der Waals surface area contributed by atoms with Crippen LogP contribution in [0.5, 0.6) is 0 Å². The molecule has 0 saturated carbocycles. The van der Waals surface area contributed by atoms with Crippen LogP contribution in [0.1, 0.15) is 38.5 Å². The van der Waals surface area contributed by atoms with Gasteiger partial charge in [0.2, 0.25) is 11.9 Å². The van der Waals surface area contributed by atoms with Crippen LogP contribution in [-0.4, -0.2) is 40.9 Å². The van der Waals surface area contributed by atoms with E-state index in [2.05, 4.69) is 32.8 Å². The zero-order chi connectivity index (χ0) is 13.1. The SMILES string of the molecule is CCc1n[n+](C(C)c2nnnn2CC)nn1SC. The van der Waals surface area contributed by atoms with Crippen LogP contribution in [-0.2, 0) is 13.0 Å². The van der Waals surface area contributed by atoms with E-state index in [9.17, 15) is 0 Å². The lowest BCUT2D eigenvalue weighted by Crippen LogP contribution is -2.45. The van der Waals surface area contributed by atoms with Crippen molar-refractivity contribution >= 4 is 11.9 Å². The molecule has 2 rings (SSSR count). The van der Waals surface area contributed by atoms with E-state index in [1.165, 1.54) is 11.9 Å². The third kappa shape index (κ3) is 2.22. The van der Waals surface area contributed by atoms with Crippen LogP contribution in [0.25, 0.3) is 0 Å². The minimum Gasteiger partial charge on any atom is -0.226 e. The standard InChI is InChI=1S/C9H17N8S/c1-5-8-11-16(14-17(8)18-4)7(3)9-10-12-13-15(9)6-2/h7H,5-6H2,1-4H3/q+1. The fourth-order valence-corrected chi connectivity index (χ4v) is 2.19. The van der Waals surface area contributed by atoms with Crippen molar-refractivity contribution in [3.63, 3.8) is 0 Å². The highest BCUT2D eigenvalue weighted by molar-refractivity contribution is 7.97. The maximum absolute atomic E-state index is 4.47. The number of aromatic nitrogens is 8. The summed E-state index contributed by atoms with van der Waals surface area (Å²) in [6.07, 6.45) is 2.81. The van der Waals surface area contributed by atoms with E-state index in [1.54, 1.807) is 9.48 Å². The molecule has 0 N–H and O–H groups in total. The summed E-state index contributed by atoms with van der Waals surface area (Å²) in [6.45, 7) is 6.78. The Morgan fingerprint density at radius 3 is 2.72 bits per heavy atom. The first-order valence-corrected chi connectivity index (χ1v) is 7.08. The van der Waals surface area contributed by atoms with Crippen molar-refractivity contribution in [1.29, 1.82) is 0 Å². The van der Waals surface area contributed by atoms with Crippen LogP contribution >= 0.6 is 11.9 Å². The molecule has 0 aliphatic rings. The molecule has 0 fully saturated rings. The lowest BCUT2D eigenvalue weighted by Gasteiger charge is -2.02. The number of hydrogen-bond donors (Lipinski definition) is 0. The molecule has 8 nitrogen and oxygen atoms in total. The van der Waals surface area contributed by atoms with E-state index in [1.807, 2.05) is 24.2 Å². The molecule has 0 bridgehead atoms. The van der Waals surface area contributed by atoms with Crippen LogP contribution in [0.4, 0.5) is 0 Å². The summed E-state index contributed by atoms with van der Waals surface area (Å²) in [7, 11) is 0. The summed E-state index contributed by atoms with van der Waals surface area (Å²) >= 11 is 1.53. The zero-order valence-electron chi connectivity index (χ0n) is 11.0. The number of hydrogen-bond acceptors (Lipinski definition) is 6. The first-order valence-electron chi connectivity index (χ1n) is 5.89. The highest BCUT2D eigenvalue weighted by Crippen LogP contribution is 2.08. The van der Waals surface area contributed by atoms with Gasteiger partial charge in [-0.15, -0.1) is 5.10 Å². The molecular formula is C9H17N8S+. The van der Waals surface area contributed by atoms with Crippen molar-refractivity contribution < 1.29 is 4.80 Å².